The molecule has 3 heteroatoms. The quantitative estimate of drug-likeness (QED) is 0.652. The van der Waals surface area contributed by atoms with Gasteiger partial charge in [0.2, 0.25) is 0 Å². The molecule has 3 nitrogen and oxygen atoms in total. The molecule has 0 unspecified atom stereocenters. The van der Waals surface area contributed by atoms with Gasteiger partial charge in [-0.05, 0) is 44.7 Å². The van der Waals surface area contributed by atoms with Crippen LogP contribution in [0.2, 0.25) is 0 Å². The Kier molecular flexibility index (Phi) is 4.13. The second-order valence-electron chi connectivity index (χ2n) is 5.44. The van der Waals surface area contributed by atoms with Gasteiger partial charge in [0.15, 0.2) is 5.96 Å². The number of rotatable bonds is 5. The fourth-order valence-corrected chi connectivity index (χ4v) is 2.71. The smallest absolute Gasteiger partial charge is 0.191 e. The summed E-state index contributed by atoms with van der Waals surface area (Å²) in [6.07, 6.45) is 2.46. The molecule has 104 valence electrons. The first-order chi connectivity index (χ1) is 9.13. The highest BCUT2D eigenvalue weighted by Crippen LogP contribution is 2.49. The van der Waals surface area contributed by atoms with Crippen LogP contribution < -0.4 is 5.73 Å². The zero-order valence-corrected chi connectivity index (χ0v) is 12.3. The highest BCUT2D eigenvalue weighted by Gasteiger charge is 2.44. The number of benzene rings is 1. The van der Waals surface area contributed by atoms with E-state index in [4.69, 9.17) is 5.73 Å². The first kappa shape index (κ1) is 13.9. The summed E-state index contributed by atoms with van der Waals surface area (Å²) in [5.41, 5.74) is 9.14. The molecular formula is C16H25N3. The Morgan fingerprint density at radius 2 is 1.89 bits per heavy atom. The molecule has 1 aliphatic rings. The molecule has 0 radical (unpaired) electrons. The molecule has 1 aromatic carbocycles. The maximum atomic E-state index is 6.07. The van der Waals surface area contributed by atoms with E-state index in [2.05, 4.69) is 54.9 Å². The van der Waals surface area contributed by atoms with Crippen LogP contribution in [0.1, 0.15) is 37.8 Å². The van der Waals surface area contributed by atoms with Crippen molar-refractivity contribution in [1.29, 1.82) is 0 Å². The van der Waals surface area contributed by atoms with Crippen LogP contribution in [0.5, 0.6) is 0 Å². The van der Waals surface area contributed by atoms with E-state index < -0.39 is 0 Å². The predicted octanol–water partition coefficient (Wildman–Crippen LogP) is 2.68. The number of aliphatic imine (C=N–C) groups is 1. The van der Waals surface area contributed by atoms with E-state index in [9.17, 15) is 0 Å². The lowest BCUT2D eigenvalue weighted by Crippen LogP contribution is -2.37. The number of hydrogen-bond acceptors (Lipinski definition) is 1. The van der Waals surface area contributed by atoms with Gasteiger partial charge in [-0.15, -0.1) is 0 Å². The van der Waals surface area contributed by atoms with Crippen LogP contribution in [0, 0.1) is 6.92 Å². The fourth-order valence-electron chi connectivity index (χ4n) is 2.71. The largest absolute Gasteiger partial charge is 0.370 e. The third-order valence-corrected chi connectivity index (χ3v) is 4.20. The van der Waals surface area contributed by atoms with Crippen LogP contribution in [0.15, 0.2) is 29.3 Å². The van der Waals surface area contributed by atoms with Crippen LogP contribution in [0.4, 0.5) is 0 Å². The van der Waals surface area contributed by atoms with E-state index in [1.165, 1.54) is 24.0 Å². The summed E-state index contributed by atoms with van der Waals surface area (Å²) >= 11 is 0. The van der Waals surface area contributed by atoms with E-state index >= 15 is 0 Å². The Morgan fingerprint density at radius 3 is 2.42 bits per heavy atom. The number of nitrogens with zero attached hydrogens (tertiary/aromatic N) is 2. The van der Waals surface area contributed by atoms with E-state index in [1.807, 2.05) is 0 Å². The first-order valence-electron chi connectivity index (χ1n) is 7.24. The lowest BCUT2D eigenvalue weighted by atomic mass is 9.92. The van der Waals surface area contributed by atoms with Gasteiger partial charge in [-0.3, -0.25) is 4.99 Å². The Hall–Kier alpha value is -1.51. The highest BCUT2D eigenvalue weighted by atomic mass is 15.2. The molecule has 0 aliphatic heterocycles. The van der Waals surface area contributed by atoms with Gasteiger partial charge < -0.3 is 10.6 Å². The third kappa shape index (κ3) is 2.91. The molecule has 0 heterocycles. The van der Waals surface area contributed by atoms with Crippen molar-refractivity contribution < 1.29 is 0 Å². The number of aryl methyl sites for hydroxylation is 1. The number of hydrogen-bond donors (Lipinski definition) is 1. The van der Waals surface area contributed by atoms with Crippen molar-refractivity contribution in [1.82, 2.24) is 4.90 Å². The Balaban J connectivity index is 2.11. The molecular weight excluding hydrogens is 234 g/mol. The van der Waals surface area contributed by atoms with Gasteiger partial charge in [0.05, 0.1) is 6.54 Å². The minimum atomic E-state index is 0.253. The average Bonchev–Trinajstić information content (AvgIpc) is 3.19. The van der Waals surface area contributed by atoms with Crippen LogP contribution in [0.25, 0.3) is 0 Å². The minimum Gasteiger partial charge on any atom is -0.370 e. The molecule has 0 bridgehead atoms. The van der Waals surface area contributed by atoms with Crippen LogP contribution in [0.3, 0.4) is 0 Å². The van der Waals surface area contributed by atoms with E-state index in [0.29, 0.717) is 5.96 Å². The monoisotopic (exact) mass is 259 g/mol. The van der Waals surface area contributed by atoms with E-state index in [0.717, 1.165) is 19.6 Å². The van der Waals surface area contributed by atoms with Gasteiger partial charge in [0.25, 0.3) is 0 Å². The van der Waals surface area contributed by atoms with Crippen molar-refractivity contribution >= 4 is 5.96 Å². The Bertz CT molecular complexity index is 457. The van der Waals surface area contributed by atoms with Gasteiger partial charge in [0, 0.05) is 18.5 Å². The molecule has 1 aromatic rings. The first-order valence-corrected chi connectivity index (χ1v) is 7.24. The van der Waals surface area contributed by atoms with Gasteiger partial charge in [0.1, 0.15) is 0 Å². The summed E-state index contributed by atoms with van der Waals surface area (Å²) in [5.74, 6) is 0.685. The zero-order valence-electron chi connectivity index (χ0n) is 12.3. The highest BCUT2D eigenvalue weighted by molar-refractivity contribution is 5.78. The molecule has 0 spiro atoms. The zero-order chi connectivity index (χ0) is 13.9. The Morgan fingerprint density at radius 1 is 1.26 bits per heavy atom. The summed E-state index contributed by atoms with van der Waals surface area (Å²) in [5, 5.41) is 0. The second-order valence-corrected chi connectivity index (χ2v) is 5.44. The SMILES string of the molecule is CCN(CC)C(N)=NCC1(c2ccccc2C)CC1. The fraction of sp³-hybridized carbons (Fsp3) is 0.562. The number of nitrogens with two attached hydrogens (primary N) is 1. The lowest BCUT2D eigenvalue weighted by molar-refractivity contribution is 0.456. The lowest BCUT2D eigenvalue weighted by Gasteiger charge is -2.21. The summed E-state index contributed by atoms with van der Waals surface area (Å²) in [6.45, 7) is 9.07. The standard InChI is InChI=1S/C16H25N3/c1-4-19(5-2)15(17)18-12-16(10-11-16)14-9-7-6-8-13(14)3/h6-9H,4-5,10-12H2,1-3H3,(H2,17,18). The maximum absolute atomic E-state index is 6.07. The van der Waals surface area contributed by atoms with Gasteiger partial charge in [-0.1, -0.05) is 24.3 Å². The van der Waals surface area contributed by atoms with Crippen molar-refractivity contribution in [2.45, 2.75) is 39.0 Å². The van der Waals surface area contributed by atoms with Crippen molar-refractivity contribution in [2.24, 2.45) is 10.7 Å². The van der Waals surface area contributed by atoms with Crippen molar-refractivity contribution in [3.05, 3.63) is 35.4 Å². The third-order valence-electron chi connectivity index (χ3n) is 4.20. The van der Waals surface area contributed by atoms with Crippen molar-refractivity contribution in [2.75, 3.05) is 19.6 Å². The van der Waals surface area contributed by atoms with E-state index in [-0.39, 0.29) is 5.41 Å². The minimum absolute atomic E-state index is 0.253. The van der Waals surface area contributed by atoms with Gasteiger partial charge in [-0.2, -0.15) is 0 Å². The summed E-state index contributed by atoms with van der Waals surface area (Å²) in [6, 6.07) is 8.65. The summed E-state index contributed by atoms with van der Waals surface area (Å²) < 4.78 is 0. The topological polar surface area (TPSA) is 41.6 Å². The van der Waals surface area contributed by atoms with Crippen LogP contribution in [-0.4, -0.2) is 30.5 Å². The number of guanidine groups is 1. The maximum Gasteiger partial charge on any atom is 0.191 e. The predicted molar refractivity (Wildman–Crippen MR) is 81.5 cm³/mol. The molecule has 19 heavy (non-hydrogen) atoms. The Labute approximate surface area is 116 Å². The molecule has 1 fully saturated rings. The van der Waals surface area contributed by atoms with Gasteiger partial charge >= 0.3 is 0 Å². The van der Waals surface area contributed by atoms with E-state index in [1.54, 1.807) is 0 Å². The summed E-state index contributed by atoms with van der Waals surface area (Å²) in [4.78, 5) is 6.74. The molecule has 2 rings (SSSR count). The molecule has 0 saturated heterocycles. The molecule has 1 aliphatic carbocycles. The van der Waals surface area contributed by atoms with Crippen molar-refractivity contribution in [3.8, 4) is 0 Å². The second kappa shape index (κ2) is 5.64. The van der Waals surface area contributed by atoms with Gasteiger partial charge in [-0.25, -0.2) is 0 Å². The molecule has 0 atom stereocenters. The molecule has 1 saturated carbocycles. The average molecular weight is 259 g/mol. The van der Waals surface area contributed by atoms with Crippen LogP contribution >= 0.6 is 0 Å². The summed E-state index contributed by atoms with van der Waals surface area (Å²) in [7, 11) is 0. The van der Waals surface area contributed by atoms with Crippen LogP contribution in [-0.2, 0) is 5.41 Å². The normalized spacial score (nSPS) is 17.3. The van der Waals surface area contributed by atoms with Crippen molar-refractivity contribution in [3.63, 3.8) is 0 Å². The molecule has 0 aromatic heterocycles. The molecule has 0 amide bonds. The molecule has 2 N–H and O–H groups in total.